The van der Waals surface area contributed by atoms with Crippen LogP contribution in [0.2, 0.25) is 0 Å². The van der Waals surface area contributed by atoms with Gasteiger partial charge in [-0.2, -0.15) is 0 Å². The molecule has 0 saturated carbocycles. The normalized spacial score (nSPS) is 17.8. The summed E-state index contributed by atoms with van der Waals surface area (Å²) in [5.74, 6) is -0.186. The quantitative estimate of drug-likeness (QED) is 0.867. The minimum Gasteiger partial charge on any atom is -0.391 e. The lowest BCUT2D eigenvalue weighted by Gasteiger charge is -2.24. The smallest absolute Gasteiger partial charge is 0.242 e. The van der Waals surface area contributed by atoms with E-state index in [1.165, 1.54) is 6.92 Å². The summed E-state index contributed by atoms with van der Waals surface area (Å²) in [6, 6.07) is 9.90. The van der Waals surface area contributed by atoms with Gasteiger partial charge < -0.3 is 14.9 Å². The highest BCUT2D eigenvalue weighted by molar-refractivity contribution is 5.84. The molecule has 114 valence electrons. The third-order valence-electron chi connectivity index (χ3n) is 3.80. The second-order valence-corrected chi connectivity index (χ2v) is 5.46. The van der Waals surface area contributed by atoms with Gasteiger partial charge in [-0.1, -0.05) is 30.3 Å². The van der Waals surface area contributed by atoms with Crippen molar-refractivity contribution in [3.63, 3.8) is 0 Å². The fourth-order valence-electron chi connectivity index (χ4n) is 2.49. The molecule has 0 aliphatic carbocycles. The second-order valence-electron chi connectivity index (χ2n) is 5.46. The van der Waals surface area contributed by atoms with E-state index in [9.17, 15) is 14.7 Å². The molecular weight excluding hydrogens is 268 g/mol. The molecule has 1 aromatic rings. The number of hydrogen-bond acceptors (Lipinski definition) is 3. The molecule has 2 amide bonds. The first-order valence-electron chi connectivity index (χ1n) is 7.31. The Morgan fingerprint density at radius 2 is 2.05 bits per heavy atom. The van der Waals surface area contributed by atoms with Crippen molar-refractivity contribution in [2.45, 2.75) is 25.9 Å². The molecule has 21 heavy (non-hydrogen) atoms. The molecule has 0 unspecified atom stereocenters. The first-order chi connectivity index (χ1) is 10.1. The highest BCUT2D eigenvalue weighted by atomic mass is 16.3. The van der Waals surface area contributed by atoms with Gasteiger partial charge in [0.2, 0.25) is 11.8 Å². The maximum atomic E-state index is 12.1. The van der Waals surface area contributed by atoms with Gasteiger partial charge in [0.1, 0.15) is 0 Å². The molecule has 1 atom stereocenters. The first-order valence-corrected chi connectivity index (χ1v) is 7.31. The number of carbonyl (C=O) groups is 2. The molecule has 0 bridgehead atoms. The molecular formula is C16H22N2O3. The van der Waals surface area contributed by atoms with Gasteiger partial charge in [0.15, 0.2) is 0 Å². The maximum absolute atomic E-state index is 12.1. The maximum Gasteiger partial charge on any atom is 0.242 e. The van der Waals surface area contributed by atoms with Crippen molar-refractivity contribution in [1.82, 2.24) is 9.80 Å². The van der Waals surface area contributed by atoms with E-state index >= 15 is 0 Å². The monoisotopic (exact) mass is 290 g/mol. The number of rotatable bonds is 5. The Balaban J connectivity index is 1.87. The van der Waals surface area contributed by atoms with E-state index in [2.05, 4.69) is 0 Å². The highest BCUT2D eigenvalue weighted by Crippen LogP contribution is 2.10. The molecule has 1 aliphatic heterocycles. The zero-order chi connectivity index (χ0) is 15.2. The Kier molecular flexibility index (Phi) is 5.33. The molecule has 1 N–H and O–H groups in total. The van der Waals surface area contributed by atoms with Gasteiger partial charge in [-0.05, 0) is 18.4 Å². The lowest BCUT2D eigenvalue weighted by atomic mass is 10.1. The van der Waals surface area contributed by atoms with Gasteiger partial charge in [-0.15, -0.1) is 0 Å². The highest BCUT2D eigenvalue weighted by Gasteiger charge is 2.26. The predicted molar refractivity (Wildman–Crippen MR) is 79.6 cm³/mol. The standard InChI is InChI=1S/C16H22N2O3/c1-13(19)17(9-7-14-5-3-2-4-6-14)12-16(21)18-10-8-15(20)11-18/h2-6,15,20H,7-12H2,1H3/t15-/m1/s1. The lowest BCUT2D eigenvalue weighted by Crippen LogP contribution is -2.42. The molecule has 1 aromatic carbocycles. The second kappa shape index (κ2) is 7.22. The van der Waals surface area contributed by atoms with Crippen molar-refractivity contribution >= 4 is 11.8 Å². The molecule has 1 saturated heterocycles. The Morgan fingerprint density at radius 1 is 1.33 bits per heavy atom. The molecule has 0 aromatic heterocycles. The fraction of sp³-hybridized carbons (Fsp3) is 0.500. The van der Waals surface area contributed by atoms with Crippen LogP contribution in [0, 0.1) is 0 Å². The van der Waals surface area contributed by atoms with Crippen LogP contribution in [0.4, 0.5) is 0 Å². The van der Waals surface area contributed by atoms with Crippen LogP contribution in [-0.2, 0) is 16.0 Å². The number of amides is 2. The Bertz CT molecular complexity index is 490. The number of carbonyl (C=O) groups excluding carboxylic acids is 2. The van der Waals surface area contributed by atoms with Crippen molar-refractivity contribution in [2.24, 2.45) is 0 Å². The SMILES string of the molecule is CC(=O)N(CCc1ccccc1)CC(=O)N1CC[C@@H](O)C1. The third kappa shape index (κ3) is 4.56. The number of hydrogen-bond donors (Lipinski definition) is 1. The molecule has 0 radical (unpaired) electrons. The number of aliphatic hydroxyl groups is 1. The third-order valence-corrected chi connectivity index (χ3v) is 3.80. The average Bonchev–Trinajstić information content (AvgIpc) is 2.90. The minimum absolute atomic E-state index is 0.0881. The number of likely N-dealkylation sites (tertiary alicyclic amines) is 1. The molecule has 2 rings (SSSR count). The number of β-amino-alcohol motifs (C(OH)–C–C–N with tert-alkyl or cyclic N) is 1. The van der Waals surface area contributed by atoms with Gasteiger partial charge in [0.05, 0.1) is 12.6 Å². The van der Waals surface area contributed by atoms with Crippen LogP contribution in [-0.4, -0.2) is 59.0 Å². The minimum atomic E-state index is -0.427. The lowest BCUT2D eigenvalue weighted by molar-refractivity contribution is -0.139. The van der Waals surface area contributed by atoms with Gasteiger partial charge >= 0.3 is 0 Å². The topological polar surface area (TPSA) is 60.9 Å². The predicted octanol–water partition coefficient (Wildman–Crippen LogP) is 0.671. The molecule has 1 heterocycles. The van der Waals surface area contributed by atoms with Crippen molar-refractivity contribution < 1.29 is 14.7 Å². The fourth-order valence-corrected chi connectivity index (χ4v) is 2.49. The zero-order valence-electron chi connectivity index (χ0n) is 12.4. The van der Waals surface area contributed by atoms with Gasteiger partial charge in [-0.25, -0.2) is 0 Å². The Morgan fingerprint density at radius 3 is 2.62 bits per heavy atom. The summed E-state index contributed by atoms with van der Waals surface area (Å²) in [4.78, 5) is 27.0. The first kappa shape index (κ1) is 15.5. The van der Waals surface area contributed by atoms with Crippen molar-refractivity contribution in [3.8, 4) is 0 Å². The van der Waals surface area contributed by atoms with E-state index in [0.717, 1.165) is 12.0 Å². The Hall–Kier alpha value is -1.88. The van der Waals surface area contributed by atoms with Gasteiger partial charge in [-0.3, -0.25) is 9.59 Å². The summed E-state index contributed by atoms with van der Waals surface area (Å²) in [6.07, 6.45) is 0.927. The molecule has 5 nitrogen and oxygen atoms in total. The van der Waals surface area contributed by atoms with Gasteiger partial charge in [0, 0.05) is 26.6 Å². The summed E-state index contributed by atoms with van der Waals surface area (Å²) in [5, 5.41) is 9.47. The van der Waals surface area contributed by atoms with E-state index in [1.807, 2.05) is 30.3 Å². The van der Waals surface area contributed by atoms with E-state index < -0.39 is 6.10 Å². The van der Waals surface area contributed by atoms with E-state index in [1.54, 1.807) is 9.80 Å². The zero-order valence-corrected chi connectivity index (χ0v) is 12.4. The van der Waals surface area contributed by atoms with Crippen LogP contribution < -0.4 is 0 Å². The van der Waals surface area contributed by atoms with E-state index in [0.29, 0.717) is 26.1 Å². The molecule has 1 fully saturated rings. The summed E-state index contributed by atoms with van der Waals surface area (Å²) in [7, 11) is 0. The number of aliphatic hydroxyl groups excluding tert-OH is 1. The Labute approximate surface area is 125 Å². The summed E-state index contributed by atoms with van der Waals surface area (Å²) >= 11 is 0. The van der Waals surface area contributed by atoms with Crippen LogP contribution >= 0.6 is 0 Å². The van der Waals surface area contributed by atoms with Crippen molar-refractivity contribution in [2.75, 3.05) is 26.2 Å². The molecule has 5 heteroatoms. The number of nitrogens with zero attached hydrogens (tertiary/aromatic N) is 2. The van der Waals surface area contributed by atoms with Crippen LogP contribution in [0.25, 0.3) is 0 Å². The van der Waals surface area contributed by atoms with Crippen LogP contribution in [0.3, 0.4) is 0 Å². The van der Waals surface area contributed by atoms with E-state index in [4.69, 9.17) is 0 Å². The van der Waals surface area contributed by atoms with Crippen LogP contribution in [0.1, 0.15) is 18.9 Å². The summed E-state index contributed by atoms with van der Waals surface area (Å²) in [6.45, 7) is 3.06. The van der Waals surface area contributed by atoms with Gasteiger partial charge in [0.25, 0.3) is 0 Å². The van der Waals surface area contributed by atoms with E-state index in [-0.39, 0.29) is 18.4 Å². The molecule has 0 spiro atoms. The van der Waals surface area contributed by atoms with Crippen LogP contribution in [0.5, 0.6) is 0 Å². The van der Waals surface area contributed by atoms with Crippen LogP contribution in [0.15, 0.2) is 30.3 Å². The average molecular weight is 290 g/mol. The summed E-state index contributed by atoms with van der Waals surface area (Å²) in [5.41, 5.74) is 1.15. The molecule has 1 aliphatic rings. The largest absolute Gasteiger partial charge is 0.391 e. The number of benzene rings is 1. The van der Waals surface area contributed by atoms with Crippen molar-refractivity contribution in [1.29, 1.82) is 0 Å². The van der Waals surface area contributed by atoms with Crippen molar-refractivity contribution in [3.05, 3.63) is 35.9 Å². The summed E-state index contributed by atoms with van der Waals surface area (Å²) < 4.78 is 0.